The highest BCUT2D eigenvalue weighted by atomic mass is 32.2. The van der Waals surface area contributed by atoms with Crippen LogP contribution in [-0.4, -0.2) is 78.1 Å². The summed E-state index contributed by atoms with van der Waals surface area (Å²) in [6.07, 6.45) is 0.960. The van der Waals surface area contributed by atoms with Gasteiger partial charge in [0.15, 0.2) is 0 Å². The van der Waals surface area contributed by atoms with E-state index in [2.05, 4.69) is 0 Å². The number of hydrogen-bond acceptors (Lipinski definition) is 5. The monoisotopic (exact) mass is 377 g/mol. The maximum Gasteiger partial charge on any atom is 0.327 e. The van der Waals surface area contributed by atoms with E-state index in [0.29, 0.717) is 31.7 Å². The fourth-order valence-corrected chi connectivity index (χ4v) is 4.40. The molecule has 2 saturated heterocycles. The second-order valence-corrected chi connectivity index (χ2v) is 7.63. The van der Waals surface area contributed by atoms with Crippen molar-refractivity contribution in [3.05, 3.63) is 24.3 Å². The third-order valence-corrected chi connectivity index (χ3v) is 6.24. The van der Waals surface area contributed by atoms with Gasteiger partial charge in [-0.2, -0.15) is 0 Å². The van der Waals surface area contributed by atoms with Crippen molar-refractivity contribution < 1.29 is 19.1 Å². The van der Waals surface area contributed by atoms with Crippen molar-refractivity contribution in [2.45, 2.75) is 23.3 Å². The summed E-state index contributed by atoms with van der Waals surface area (Å²) in [7, 11) is 4.79. The average Bonchev–Trinajstić information content (AvgIpc) is 2.83. The van der Waals surface area contributed by atoms with Gasteiger partial charge in [0.05, 0.1) is 12.9 Å². The van der Waals surface area contributed by atoms with Crippen LogP contribution in [0, 0.1) is 0 Å². The van der Waals surface area contributed by atoms with Crippen LogP contribution < -0.4 is 4.74 Å². The fraction of sp³-hybridized carbons (Fsp3) is 0.500. The number of carbonyl (C=O) groups excluding carboxylic acids is 3. The number of hydrogen-bond donors (Lipinski definition) is 0. The first-order valence-electron chi connectivity index (χ1n) is 8.49. The first kappa shape index (κ1) is 18.6. The molecular formula is C18H23N3O4S. The molecule has 0 aliphatic carbocycles. The molecule has 4 amide bonds. The molecule has 0 bridgehead atoms. The summed E-state index contributed by atoms with van der Waals surface area (Å²) in [4.78, 5) is 42.5. The summed E-state index contributed by atoms with van der Waals surface area (Å²) in [6.45, 7) is 0.962. The molecule has 1 aromatic rings. The quantitative estimate of drug-likeness (QED) is 0.590. The highest BCUT2D eigenvalue weighted by Crippen LogP contribution is 2.35. The lowest BCUT2D eigenvalue weighted by molar-refractivity contribution is -0.138. The maximum absolute atomic E-state index is 12.5. The second kappa shape index (κ2) is 7.19. The van der Waals surface area contributed by atoms with Crippen LogP contribution in [0.15, 0.2) is 29.2 Å². The molecule has 0 aromatic heterocycles. The largest absolute Gasteiger partial charge is 0.497 e. The van der Waals surface area contributed by atoms with Crippen LogP contribution in [0.5, 0.6) is 5.75 Å². The molecule has 26 heavy (non-hydrogen) atoms. The molecular weight excluding hydrogens is 354 g/mol. The zero-order valence-corrected chi connectivity index (χ0v) is 16.0. The van der Waals surface area contributed by atoms with Gasteiger partial charge in [0, 0.05) is 32.1 Å². The highest BCUT2D eigenvalue weighted by Gasteiger charge is 2.55. The number of imide groups is 1. The number of thioether (sulfide) groups is 1. The number of carbonyl (C=O) groups is 3. The normalized spacial score (nSPS) is 19.4. The maximum atomic E-state index is 12.5. The third-order valence-electron chi connectivity index (χ3n) is 5.27. The summed E-state index contributed by atoms with van der Waals surface area (Å²) in [5.74, 6) is 0.977. The minimum absolute atomic E-state index is 0.0421. The van der Waals surface area contributed by atoms with Crippen molar-refractivity contribution in [2.75, 3.05) is 40.0 Å². The van der Waals surface area contributed by atoms with Gasteiger partial charge < -0.3 is 14.5 Å². The van der Waals surface area contributed by atoms with Gasteiger partial charge in [-0.3, -0.25) is 14.5 Å². The van der Waals surface area contributed by atoms with Gasteiger partial charge in [-0.15, -0.1) is 11.8 Å². The molecule has 0 N–H and O–H groups in total. The molecule has 7 nitrogen and oxygen atoms in total. The molecule has 0 radical (unpaired) electrons. The van der Waals surface area contributed by atoms with Crippen LogP contribution in [0.2, 0.25) is 0 Å². The van der Waals surface area contributed by atoms with Gasteiger partial charge in [0.25, 0.3) is 5.91 Å². The summed E-state index contributed by atoms with van der Waals surface area (Å²) < 4.78 is 5.19. The van der Waals surface area contributed by atoms with E-state index in [0.717, 1.165) is 10.6 Å². The number of urea groups is 1. The summed E-state index contributed by atoms with van der Waals surface area (Å²) in [6, 6.07) is 7.33. The van der Waals surface area contributed by atoms with E-state index in [1.807, 2.05) is 24.3 Å². The molecule has 0 unspecified atom stereocenters. The molecule has 140 valence electrons. The Bertz CT molecular complexity index is 731. The number of nitrogens with zero attached hydrogens (tertiary/aromatic N) is 3. The molecule has 3 rings (SSSR count). The minimum Gasteiger partial charge on any atom is -0.497 e. The number of methoxy groups -OCH3 is 1. The van der Waals surface area contributed by atoms with E-state index in [1.165, 1.54) is 28.6 Å². The topological polar surface area (TPSA) is 70.2 Å². The average molecular weight is 377 g/mol. The lowest BCUT2D eigenvalue weighted by Crippen LogP contribution is -2.56. The van der Waals surface area contributed by atoms with E-state index < -0.39 is 5.54 Å². The first-order chi connectivity index (χ1) is 12.4. The van der Waals surface area contributed by atoms with Crippen molar-refractivity contribution >= 4 is 29.6 Å². The number of ether oxygens (including phenoxy) is 1. The van der Waals surface area contributed by atoms with Crippen molar-refractivity contribution in [3.8, 4) is 5.75 Å². The second-order valence-electron chi connectivity index (χ2n) is 6.59. The first-order valence-corrected chi connectivity index (χ1v) is 9.48. The van der Waals surface area contributed by atoms with E-state index in [1.54, 1.807) is 19.1 Å². The van der Waals surface area contributed by atoms with Crippen LogP contribution in [0.1, 0.15) is 12.8 Å². The van der Waals surface area contributed by atoms with Gasteiger partial charge in [0.1, 0.15) is 11.3 Å². The Morgan fingerprint density at radius 1 is 1.23 bits per heavy atom. The standard InChI is InChI=1S/C18H23N3O4S/c1-19-16(23)18(20(2)17(19)24)7-9-21(10-8-18)15(22)12-26-14-6-4-5-13(11-14)25-3/h4-6,11H,7-10,12H2,1-3H3. The van der Waals surface area contributed by atoms with Gasteiger partial charge >= 0.3 is 6.03 Å². The van der Waals surface area contributed by atoms with Gasteiger partial charge in [-0.25, -0.2) is 4.79 Å². The predicted molar refractivity (Wildman–Crippen MR) is 98.2 cm³/mol. The molecule has 1 spiro atoms. The zero-order valence-electron chi connectivity index (χ0n) is 15.2. The Hall–Kier alpha value is -2.22. The van der Waals surface area contributed by atoms with Gasteiger partial charge in [-0.05, 0) is 31.0 Å². The van der Waals surface area contributed by atoms with E-state index >= 15 is 0 Å². The molecule has 8 heteroatoms. The SMILES string of the molecule is COc1cccc(SCC(=O)N2CCC3(CC2)C(=O)N(C)C(=O)N3C)c1. The van der Waals surface area contributed by atoms with E-state index in [9.17, 15) is 14.4 Å². The third kappa shape index (κ3) is 3.13. The van der Waals surface area contributed by atoms with Crippen molar-refractivity contribution in [1.29, 1.82) is 0 Å². The van der Waals surface area contributed by atoms with Crippen LogP contribution in [0.3, 0.4) is 0 Å². The number of amides is 4. The smallest absolute Gasteiger partial charge is 0.327 e. The minimum atomic E-state index is -0.789. The Balaban J connectivity index is 1.57. The molecule has 2 fully saturated rings. The highest BCUT2D eigenvalue weighted by molar-refractivity contribution is 8.00. The number of piperidine rings is 1. The summed E-state index contributed by atoms with van der Waals surface area (Å²) in [5, 5.41) is 0. The molecule has 1 aromatic carbocycles. The molecule has 2 aliphatic heterocycles. The summed E-state index contributed by atoms with van der Waals surface area (Å²) in [5.41, 5.74) is -0.789. The van der Waals surface area contributed by atoms with Crippen LogP contribution in [-0.2, 0) is 9.59 Å². The molecule has 0 saturated carbocycles. The number of likely N-dealkylation sites (N-methyl/N-ethyl adjacent to an activating group) is 2. The molecule has 2 aliphatic rings. The predicted octanol–water partition coefficient (Wildman–Crippen LogP) is 1.67. The van der Waals surface area contributed by atoms with Crippen molar-refractivity contribution in [2.24, 2.45) is 0 Å². The number of likely N-dealkylation sites (tertiary alicyclic amines) is 1. The zero-order chi connectivity index (χ0) is 18.9. The molecule has 0 atom stereocenters. The van der Waals surface area contributed by atoms with Crippen LogP contribution in [0.4, 0.5) is 4.79 Å². The van der Waals surface area contributed by atoms with E-state index in [4.69, 9.17) is 4.74 Å². The summed E-state index contributed by atoms with van der Waals surface area (Å²) >= 11 is 1.47. The van der Waals surface area contributed by atoms with Crippen LogP contribution in [0.25, 0.3) is 0 Å². The molecule has 2 heterocycles. The number of rotatable bonds is 4. The fourth-order valence-electron chi connectivity index (χ4n) is 3.55. The van der Waals surface area contributed by atoms with Crippen LogP contribution >= 0.6 is 11.8 Å². The van der Waals surface area contributed by atoms with Gasteiger partial charge in [-0.1, -0.05) is 6.07 Å². The Morgan fingerprint density at radius 2 is 1.92 bits per heavy atom. The Labute approximate surface area is 157 Å². The Kier molecular flexibility index (Phi) is 5.13. The van der Waals surface area contributed by atoms with Crippen molar-refractivity contribution in [1.82, 2.24) is 14.7 Å². The lowest BCUT2D eigenvalue weighted by atomic mass is 9.86. The Morgan fingerprint density at radius 3 is 2.50 bits per heavy atom. The lowest BCUT2D eigenvalue weighted by Gasteiger charge is -2.40. The van der Waals surface area contributed by atoms with Gasteiger partial charge in [0.2, 0.25) is 5.91 Å². The number of benzene rings is 1. The van der Waals surface area contributed by atoms with E-state index in [-0.39, 0.29) is 17.8 Å². The van der Waals surface area contributed by atoms with Crippen molar-refractivity contribution in [3.63, 3.8) is 0 Å².